The predicted octanol–water partition coefficient (Wildman–Crippen LogP) is 3.10. The largest absolute Gasteiger partial charge is 0.311 e. The van der Waals surface area contributed by atoms with E-state index in [1.807, 2.05) is 0 Å². The SMILES string of the molecule is CC1CCCC2(CCCCN2)CC1. The van der Waals surface area contributed by atoms with Crippen LogP contribution in [0, 0.1) is 5.92 Å². The third kappa shape index (κ3) is 2.25. The third-order valence-corrected chi connectivity index (χ3v) is 4.05. The van der Waals surface area contributed by atoms with Gasteiger partial charge in [-0.05, 0) is 44.6 Å². The van der Waals surface area contributed by atoms with E-state index in [1.165, 1.54) is 57.9 Å². The molecule has 1 nitrogen and oxygen atoms in total. The molecule has 2 rings (SSSR count). The van der Waals surface area contributed by atoms with Crippen LogP contribution in [0.2, 0.25) is 0 Å². The lowest BCUT2D eigenvalue weighted by Gasteiger charge is -2.38. The first-order chi connectivity index (χ1) is 6.31. The van der Waals surface area contributed by atoms with Crippen molar-refractivity contribution in [2.24, 2.45) is 5.92 Å². The third-order valence-electron chi connectivity index (χ3n) is 4.05. The van der Waals surface area contributed by atoms with Gasteiger partial charge in [0.05, 0.1) is 0 Å². The van der Waals surface area contributed by atoms with Crippen LogP contribution in [0.3, 0.4) is 0 Å². The molecule has 2 aliphatic rings. The van der Waals surface area contributed by atoms with E-state index in [0.717, 1.165) is 5.92 Å². The molecule has 1 saturated heterocycles. The van der Waals surface area contributed by atoms with Crippen LogP contribution < -0.4 is 5.32 Å². The van der Waals surface area contributed by atoms with E-state index in [1.54, 1.807) is 0 Å². The lowest BCUT2D eigenvalue weighted by atomic mass is 9.82. The van der Waals surface area contributed by atoms with Crippen LogP contribution in [0.1, 0.15) is 58.3 Å². The Kier molecular flexibility index (Phi) is 2.92. The van der Waals surface area contributed by atoms with E-state index in [9.17, 15) is 0 Å². The number of nitrogens with one attached hydrogen (secondary N) is 1. The monoisotopic (exact) mass is 181 g/mol. The highest BCUT2D eigenvalue weighted by Crippen LogP contribution is 2.35. The smallest absolute Gasteiger partial charge is 0.0181 e. The van der Waals surface area contributed by atoms with Crippen LogP contribution in [0.25, 0.3) is 0 Å². The summed E-state index contributed by atoms with van der Waals surface area (Å²) in [7, 11) is 0. The summed E-state index contributed by atoms with van der Waals surface area (Å²) >= 11 is 0. The van der Waals surface area contributed by atoms with Gasteiger partial charge in [0.2, 0.25) is 0 Å². The average molecular weight is 181 g/mol. The van der Waals surface area contributed by atoms with E-state index >= 15 is 0 Å². The second-order valence-corrected chi connectivity index (χ2v) is 5.20. The molecule has 0 aromatic carbocycles. The van der Waals surface area contributed by atoms with Gasteiger partial charge in [0.15, 0.2) is 0 Å². The Hall–Kier alpha value is -0.0400. The molecule has 1 spiro atoms. The average Bonchev–Trinajstić information content (AvgIpc) is 2.32. The molecule has 1 N–H and O–H groups in total. The molecule has 2 unspecified atom stereocenters. The van der Waals surface area contributed by atoms with Crippen LogP contribution in [-0.4, -0.2) is 12.1 Å². The van der Waals surface area contributed by atoms with Crippen molar-refractivity contribution in [2.45, 2.75) is 63.8 Å². The molecule has 1 heterocycles. The summed E-state index contributed by atoms with van der Waals surface area (Å²) in [6.45, 7) is 3.69. The van der Waals surface area contributed by atoms with Crippen molar-refractivity contribution in [1.29, 1.82) is 0 Å². The van der Waals surface area contributed by atoms with Gasteiger partial charge in [-0.25, -0.2) is 0 Å². The highest BCUT2D eigenvalue weighted by Gasteiger charge is 2.32. The van der Waals surface area contributed by atoms with E-state index in [0.29, 0.717) is 5.54 Å². The molecule has 1 saturated carbocycles. The first-order valence-corrected chi connectivity index (χ1v) is 6.06. The Morgan fingerprint density at radius 1 is 1.00 bits per heavy atom. The Bertz CT molecular complexity index is 159. The van der Waals surface area contributed by atoms with Gasteiger partial charge in [0.1, 0.15) is 0 Å². The normalized spacial score (nSPS) is 41.8. The second-order valence-electron chi connectivity index (χ2n) is 5.20. The Labute approximate surface area is 82.3 Å². The molecule has 13 heavy (non-hydrogen) atoms. The fourth-order valence-electron chi connectivity index (χ4n) is 3.04. The molecular formula is C12H23N. The Balaban J connectivity index is 1.95. The first kappa shape index (κ1) is 9.51. The lowest BCUT2D eigenvalue weighted by molar-refractivity contribution is 0.222. The molecule has 2 atom stereocenters. The van der Waals surface area contributed by atoms with Crippen molar-refractivity contribution >= 4 is 0 Å². The molecular weight excluding hydrogens is 158 g/mol. The van der Waals surface area contributed by atoms with Crippen molar-refractivity contribution in [3.8, 4) is 0 Å². The maximum absolute atomic E-state index is 3.80. The number of piperidine rings is 1. The zero-order valence-corrected chi connectivity index (χ0v) is 8.94. The molecule has 1 aliphatic carbocycles. The van der Waals surface area contributed by atoms with Gasteiger partial charge in [-0.3, -0.25) is 0 Å². The van der Waals surface area contributed by atoms with Crippen molar-refractivity contribution in [1.82, 2.24) is 5.32 Å². The summed E-state index contributed by atoms with van der Waals surface area (Å²) in [6, 6.07) is 0. The maximum Gasteiger partial charge on any atom is 0.0181 e. The molecule has 0 amide bonds. The highest BCUT2D eigenvalue weighted by molar-refractivity contribution is 4.92. The van der Waals surface area contributed by atoms with E-state index in [-0.39, 0.29) is 0 Å². The molecule has 0 aromatic rings. The van der Waals surface area contributed by atoms with Gasteiger partial charge in [0, 0.05) is 5.54 Å². The van der Waals surface area contributed by atoms with Gasteiger partial charge >= 0.3 is 0 Å². The quantitative estimate of drug-likeness (QED) is 0.605. The summed E-state index contributed by atoms with van der Waals surface area (Å²) in [6.07, 6.45) is 11.6. The topological polar surface area (TPSA) is 12.0 Å². The van der Waals surface area contributed by atoms with Crippen LogP contribution in [0.5, 0.6) is 0 Å². The summed E-state index contributed by atoms with van der Waals surface area (Å²) in [5.74, 6) is 0.975. The highest BCUT2D eigenvalue weighted by atomic mass is 15.0. The van der Waals surface area contributed by atoms with E-state index < -0.39 is 0 Å². The molecule has 76 valence electrons. The summed E-state index contributed by atoms with van der Waals surface area (Å²) in [5, 5.41) is 3.80. The minimum atomic E-state index is 0.572. The van der Waals surface area contributed by atoms with Crippen molar-refractivity contribution in [3.63, 3.8) is 0 Å². The molecule has 1 aliphatic heterocycles. The van der Waals surface area contributed by atoms with Gasteiger partial charge in [-0.1, -0.05) is 26.2 Å². The Morgan fingerprint density at radius 2 is 1.85 bits per heavy atom. The standard InChI is InChI=1S/C12H23N/c1-11-5-4-8-12(9-6-11)7-2-3-10-13-12/h11,13H,2-10H2,1H3. The fraction of sp³-hybridized carbons (Fsp3) is 1.00. The second kappa shape index (κ2) is 4.00. The van der Waals surface area contributed by atoms with Crippen LogP contribution in [0.4, 0.5) is 0 Å². The minimum absolute atomic E-state index is 0.572. The zero-order chi connectivity index (χ0) is 9.15. The molecule has 0 aromatic heterocycles. The van der Waals surface area contributed by atoms with Gasteiger partial charge in [-0.15, -0.1) is 0 Å². The zero-order valence-electron chi connectivity index (χ0n) is 8.94. The minimum Gasteiger partial charge on any atom is -0.311 e. The van der Waals surface area contributed by atoms with E-state index in [4.69, 9.17) is 0 Å². The molecule has 2 fully saturated rings. The van der Waals surface area contributed by atoms with Crippen LogP contribution in [-0.2, 0) is 0 Å². The molecule has 1 heteroatoms. The predicted molar refractivity (Wildman–Crippen MR) is 56.8 cm³/mol. The van der Waals surface area contributed by atoms with Gasteiger partial charge in [0.25, 0.3) is 0 Å². The summed E-state index contributed by atoms with van der Waals surface area (Å²) < 4.78 is 0. The van der Waals surface area contributed by atoms with Gasteiger partial charge < -0.3 is 5.32 Å². The number of hydrogen-bond acceptors (Lipinski definition) is 1. The number of rotatable bonds is 0. The molecule has 0 bridgehead atoms. The summed E-state index contributed by atoms with van der Waals surface area (Å²) in [4.78, 5) is 0. The van der Waals surface area contributed by atoms with Crippen LogP contribution >= 0.6 is 0 Å². The van der Waals surface area contributed by atoms with Crippen molar-refractivity contribution in [2.75, 3.05) is 6.54 Å². The fourth-order valence-corrected chi connectivity index (χ4v) is 3.04. The van der Waals surface area contributed by atoms with Crippen molar-refractivity contribution in [3.05, 3.63) is 0 Å². The van der Waals surface area contributed by atoms with Gasteiger partial charge in [-0.2, -0.15) is 0 Å². The maximum atomic E-state index is 3.80. The summed E-state index contributed by atoms with van der Waals surface area (Å²) in [5.41, 5.74) is 0.572. The molecule has 0 radical (unpaired) electrons. The number of hydrogen-bond donors (Lipinski definition) is 1. The van der Waals surface area contributed by atoms with Crippen LogP contribution in [0.15, 0.2) is 0 Å². The lowest BCUT2D eigenvalue weighted by Crippen LogP contribution is -2.48. The van der Waals surface area contributed by atoms with Crippen molar-refractivity contribution < 1.29 is 0 Å². The Morgan fingerprint density at radius 3 is 2.62 bits per heavy atom. The first-order valence-electron chi connectivity index (χ1n) is 6.06. The van der Waals surface area contributed by atoms with E-state index in [2.05, 4.69) is 12.2 Å².